The van der Waals surface area contributed by atoms with Crippen molar-refractivity contribution in [3.05, 3.63) is 23.0 Å². The van der Waals surface area contributed by atoms with Gasteiger partial charge in [-0.15, -0.1) is 5.10 Å². The first-order chi connectivity index (χ1) is 16.7. The van der Waals surface area contributed by atoms with Crippen LogP contribution in [0.1, 0.15) is 66.8 Å². The molecule has 0 bridgehead atoms. The van der Waals surface area contributed by atoms with Gasteiger partial charge in [0.1, 0.15) is 12.2 Å². The molecular formula is C24H46N4O6SSi2. The van der Waals surface area contributed by atoms with E-state index in [2.05, 4.69) is 85.0 Å². The highest BCUT2D eigenvalue weighted by molar-refractivity contribution is 7.90. The molecule has 0 amide bonds. The highest BCUT2D eigenvalue weighted by atomic mass is 32.2. The second-order valence-corrected chi connectivity index (χ2v) is 24.2. The van der Waals surface area contributed by atoms with Gasteiger partial charge < -0.3 is 19.3 Å². The van der Waals surface area contributed by atoms with Crippen LogP contribution in [0.5, 0.6) is 0 Å². The number of nitrogens with two attached hydrogens (primary N) is 1. The largest absolute Gasteiger partial charge is 0.414 e. The van der Waals surface area contributed by atoms with Gasteiger partial charge in [-0.25, -0.2) is 8.86 Å². The van der Waals surface area contributed by atoms with Crippen molar-refractivity contribution in [3.63, 3.8) is 0 Å². The number of rotatable bonds is 8. The summed E-state index contributed by atoms with van der Waals surface area (Å²) in [5.74, 6) is 0. The molecule has 1 fully saturated rings. The number of nitrogens with zero attached hydrogens (tertiary/aromatic N) is 3. The molecule has 2 aliphatic rings. The van der Waals surface area contributed by atoms with Crippen LogP contribution in [-0.4, -0.2) is 64.5 Å². The maximum Gasteiger partial charge on any atom is 0.292 e. The second-order valence-electron chi connectivity index (χ2n) is 13.3. The van der Waals surface area contributed by atoms with Crippen molar-refractivity contribution in [2.24, 2.45) is 5.73 Å². The summed E-state index contributed by atoms with van der Waals surface area (Å²) in [7, 11) is -8.75. The van der Waals surface area contributed by atoms with Crippen molar-refractivity contribution in [1.82, 2.24) is 15.0 Å². The van der Waals surface area contributed by atoms with Crippen LogP contribution < -0.4 is 5.73 Å². The van der Waals surface area contributed by atoms with Gasteiger partial charge >= 0.3 is 0 Å². The summed E-state index contributed by atoms with van der Waals surface area (Å²) >= 11 is 0. The smallest absolute Gasteiger partial charge is 0.292 e. The van der Waals surface area contributed by atoms with E-state index < -0.39 is 50.8 Å². The normalized spacial score (nSPS) is 28.7. The van der Waals surface area contributed by atoms with Crippen molar-refractivity contribution in [1.29, 1.82) is 0 Å². The number of hydrogen-bond donors (Lipinski definition) is 1. The van der Waals surface area contributed by atoms with Gasteiger partial charge in [0.15, 0.2) is 28.5 Å². The van der Waals surface area contributed by atoms with Crippen molar-refractivity contribution in [2.75, 3.05) is 6.61 Å². The zero-order chi connectivity index (χ0) is 28.2. The first-order valence-electron chi connectivity index (χ1n) is 13.0. The van der Waals surface area contributed by atoms with Gasteiger partial charge in [0.05, 0.1) is 29.6 Å². The van der Waals surface area contributed by atoms with E-state index in [4.69, 9.17) is 23.5 Å². The molecule has 1 spiro atoms. The van der Waals surface area contributed by atoms with Gasteiger partial charge in [0.25, 0.3) is 10.1 Å². The van der Waals surface area contributed by atoms with E-state index in [0.29, 0.717) is 0 Å². The van der Waals surface area contributed by atoms with Gasteiger partial charge in [-0.2, -0.15) is 8.42 Å². The second kappa shape index (κ2) is 9.82. The average molecular weight is 575 g/mol. The minimum Gasteiger partial charge on any atom is -0.414 e. The molecule has 0 aliphatic carbocycles. The van der Waals surface area contributed by atoms with Crippen LogP contribution in [0.15, 0.2) is 17.3 Å². The lowest BCUT2D eigenvalue weighted by Crippen LogP contribution is -2.59. The Hall–Kier alpha value is -1.10. The van der Waals surface area contributed by atoms with Crippen LogP contribution in [0.4, 0.5) is 0 Å². The maximum absolute atomic E-state index is 12.8. The molecule has 2 aliphatic heterocycles. The Bertz CT molecular complexity index is 1120. The molecular weight excluding hydrogens is 529 g/mol. The fourth-order valence-corrected chi connectivity index (χ4v) is 7.52. The van der Waals surface area contributed by atoms with Gasteiger partial charge in [-0.05, 0) is 42.7 Å². The quantitative estimate of drug-likeness (QED) is 0.354. The first kappa shape index (κ1) is 30.4. The van der Waals surface area contributed by atoms with Crippen molar-refractivity contribution >= 4 is 26.8 Å². The predicted molar refractivity (Wildman–Crippen MR) is 148 cm³/mol. The molecule has 1 aromatic rings. The van der Waals surface area contributed by atoms with E-state index >= 15 is 0 Å². The number of hydrogen-bond acceptors (Lipinski definition) is 9. The minimum atomic E-state index is -4.06. The topological polar surface area (TPSA) is 128 Å². The molecule has 37 heavy (non-hydrogen) atoms. The Kier molecular flexibility index (Phi) is 8.08. The van der Waals surface area contributed by atoms with E-state index in [1.807, 2.05) is 6.20 Å². The van der Waals surface area contributed by atoms with Crippen LogP contribution in [0.2, 0.25) is 36.3 Å². The van der Waals surface area contributed by atoms with E-state index in [0.717, 1.165) is 23.9 Å². The predicted octanol–water partition coefficient (Wildman–Crippen LogP) is 4.44. The molecule has 1 saturated heterocycles. The maximum atomic E-state index is 12.8. The van der Waals surface area contributed by atoms with E-state index in [1.54, 1.807) is 4.68 Å². The van der Waals surface area contributed by atoms with Gasteiger partial charge in [0.2, 0.25) is 0 Å². The molecule has 212 valence electrons. The average Bonchev–Trinajstić information content (AvgIpc) is 3.35. The molecule has 4 atom stereocenters. The van der Waals surface area contributed by atoms with Crippen LogP contribution in [0.3, 0.4) is 0 Å². The third-order valence-corrected chi connectivity index (χ3v) is 18.4. The number of ether oxygens (including phenoxy) is 1. The lowest BCUT2D eigenvalue weighted by Gasteiger charge is -2.43. The minimum absolute atomic E-state index is 0.0523. The Balaban J connectivity index is 2.13. The van der Waals surface area contributed by atoms with E-state index in [1.165, 1.54) is 0 Å². The molecule has 3 rings (SSSR count). The molecule has 13 heteroatoms. The number of aryl methyl sites for hydroxylation is 1. The third-order valence-electron chi connectivity index (χ3n) is 8.39. The Morgan fingerprint density at radius 3 is 2.19 bits per heavy atom. The summed E-state index contributed by atoms with van der Waals surface area (Å²) in [6.45, 7) is 23.4. The Morgan fingerprint density at radius 2 is 1.70 bits per heavy atom. The summed E-state index contributed by atoms with van der Waals surface area (Å²) in [6.07, 6.45) is 0.971. The molecule has 2 unspecified atom stereocenters. The van der Waals surface area contributed by atoms with Crippen LogP contribution in [0.25, 0.3) is 0 Å². The summed E-state index contributed by atoms with van der Waals surface area (Å²) in [5.41, 5.74) is 5.78. The van der Waals surface area contributed by atoms with Crippen LogP contribution >= 0.6 is 0 Å². The van der Waals surface area contributed by atoms with E-state index in [-0.39, 0.29) is 22.4 Å². The molecule has 10 nitrogen and oxygen atoms in total. The Morgan fingerprint density at radius 1 is 1.11 bits per heavy atom. The van der Waals surface area contributed by atoms with Gasteiger partial charge in [0, 0.05) is 0 Å². The standard InChI is InChI=1S/C24H46N4O6SSi2/c1-12-13-17-14-28(27-26-17)21-20(33-37(10,11)23(5,6)7)24(18(25)16-35(29,30)34-24)19(32-21)15-31-36(8,9)22(2,3)4/h14,16,19-21H,12-13,15,25H2,1-11H3/t19?,20-,21+,24?/m0/s1. The highest BCUT2D eigenvalue weighted by Crippen LogP contribution is 2.52. The first-order valence-corrected chi connectivity index (χ1v) is 20.3. The molecule has 2 N–H and O–H groups in total. The third kappa shape index (κ3) is 5.77. The van der Waals surface area contributed by atoms with E-state index in [9.17, 15) is 8.42 Å². The summed E-state index contributed by atoms with van der Waals surface area (Å²) in [6, 6.07) is 0. The monoisotopic (exact) mass is 574 g/mol. The SMILES string of the molecule is CCCc1cn([C@@H]2OC(CO[Si](C)(C)C(C)(C)C)C3(OS(=O)(=O)C=C3N)[C@H]2O[Si](C)(C)C(C)(C)C)nn1. The van der Waals surface area contributed by atoms with Crippen molar-refractivity contribution in [2.45, 2.75) is 122 Å². The van der Waals surface area contributed by atoms with Crippen LogP contribution in [0, 0.1) is 0 Å². The summed E-state index contributed by atoms with van der Waals surface area (Å²) in [5, 5.41) is 9.39. The van der Waals surface area contributed by atoms with Crippen molar-refractivity contribution in [3.8, 4) is 0 Å². The lowest BCUT2D eigenvalue weighted by atomic mass is 9.89. The Labute approximate surface area is 224 Å². The van der Waals surface area contributed by atoms with Crippen molar-refractivity contribution < 1.29 is 26.2 Å². The zero-order valence-electron chi connectivity index (χ0n) is 24.3. The fourth-order valence-electron chi connectivity index (χ4n) is 4.01. The molecule has 0 aromatic carbocycles. The number of aromatic nitrogens is 3. The molecule has 0 radical (unpaired) electrons. The zero-order valence-corrected chi connectivity index (χ0v) is 27.1. The molecule has 3 heterocycles. The van der Waals surface area contributed by atoms with Crippen LogP contribution in [-0.2, 0) is 34.3 Å². The molecule has 0 saturated carbocycles. The summed E-state index contributed by atoms with van der Waals surface area (Å²) < 4.78 is 53.1. The van der Waals surface area contributed by atoms with Gasteiger partial charge in [-0.3, -0.25) is 0 Å². The fraction of sp³-hybridized carbons (Fsp3) is 0.833. The summed E-state index contributed by atoms with van der Waals surface area (Å²) in [4.78, 5) is 0. The molecule has 1 aromatic heterocycles. The van der Waals surface area contributed by atoms with Gasteiger partial charge in [-0.1, -0.05) is 60.1 Å². The highest BCUT2D eigenvalue weighted by Gasteiger charge is 2.67. The lowest BCUT2D eigenvalue weighted by molar-refractivity contribution is -0.0595.